The minimum Gasteiger partial charge on any atom is -0.308 e. The molecule has 2 nitrogen and oxygen atoms in total. The average molecular weight is 359 g/mol. The number of hydrogen-bond donors (Lipinski definition) is 1. The lowest BCUT2D eigenvalue weighted by Gasteiger charge is -2.44. The second-order valence-electron chi connectivity index (χ2n) is 6.18. The zero-order valence-corrected chi connectivity index (χ0v) is 15.3. The molecular weight excluding hydrogens is 332 g/mol. The number of hydrogen-bond acceptors (Lipinski definition) is 3. The molecule has 114 valence electrons. The predicted molar refractivity (Wildman–Crippen MR) is 92.6 cm³/mol. The van der Waals surface area contributed by atoms with Crippen molar-refractivity contribution >= 4 is 27.3 Å². The highest BCUT2D eigenvalue weighted by molar-refractivity contribution is 9.10. The third-order valence-electron chi connectivity index (χ3n) is 4.44. The van der Waals surface area contributed by atoms with Crippen LogP contribution in [-0.4, -0.2) is 30.1 Å². The van der Waals surface area contributed by atoms with Crippen molar-refractivity contribution in [2.24, 2.45) is 0 Å². The van der Waals surface area contributed by atoms with Gasteiger partial charge in [0.05, 0.1) is 6.04 Å². The van der Waals surface area contributed by atoms with E-state index in [4.69, 9.17) is 0 Å². The van der Waals surface area contributed by atoms with Gasteiger partial charge in [0.25, 0.3) is 0 Å². The molecule has 0 amide bonds. The van der Waals surface area contributed by atoms with Crippen LogP contribution >= 0.6 is 27.3 Å². The van der Waals surface area contributed by atoms with Gasteiger partial charge in [-0.3, -0.25) is 4.90 Å². The minimum atomic E-state index is 0.147. The van der Waals surface area contributed by atoms with Crippen molar-refractivity contribution in [1.82, 2.24) is 10.2 Å². The Balaban J connectivity index is 2.24. The molecule has 1 aromatic heterocycles. The van der Waals surface area contributed by atoms with Gasteiger partial charge in [0.1, 0.15) is 0 Å². The maximum atomic E-state index is 3.72. The summed E-state index contributed by atoms with van der Waals surface area (Å²) in [6.07, 6.45) is 5.46. The molecule has 2 heterocycles. The Hall–Kier alpha value is 0.1000. The van der Waals surface area contributed by atoms with Crippen LogP contribution in [0.15, 0.2) is 15.9 Å². The van der Waals surface area contributed by atoms with Crippen LogP contribution in [0.2, 0.25) is 0 Å². The van der Waals surface area contributed by atoms with E-state index in [1.807, 2.05) is 11.3 Å². The largest absolute Gasteiger partial charge is 0.308 e. The fourth-order valence-corrected chi connectivity index (χ4v) is 5.06. The molecule has 20 heavy (non-hydrogen) atoms. The Morgan fingerprint density at radius 3 is 2.45 bits per heavy atom. The van der Waals surface area contributed by atoms with E-state index in [2.05, 4.69) is 58.4 Å². The summed E-state index contributed by atoms with van der Waals surface area (Å²) in [4.78, 5) is 4.13. The molecule has 0 spiro atoms. The molecular formula is C16H27BrN2S. The Morgan fingerprint density at radius 1 is 1.30 bits per heavy atom. The zero-order chi connectivity index (χ0) is 14.6. The number of likely N-dealkylation sites (N-methyl/N-ethyl adjacent to an activating group) is 1. The van der Waals surface area contributed by atoms with Gasteiger partial charge in [-0.15, -0.1) is 11.3 Å². The van der Waals surface area contributed by atoms with E-state index < -0.39 is 0 Å². The van der Waals surface area contributed by atoms with Crippen LogP contribution in [0.25, 0.3) is 0 Å². The van der Waals surface area contributed by atoms with E-state index in [9.17, 15) is 0 Å². The van der Waals surface area contributed by atoms with Gasteiger partial charge in [-0.1, -0.05) is 19.8 Å². The van der Waals surface area contributed by atoms with Gasteiger partial charge in [0, 0.05) is 14.9 Å². The summed E-state index contributed by atoms with van der Waals surface area (Å²) in [6.45, 7) is 10.5. The highest BCUT2D eigenvalue weighted by Gasteiger charge is 2.37. The Bertz CT molecular complexity index is 408. The Kier molecular flexibility index (Phi) is 6.09. The standard InChI is InChI=1S/C16H27BrN2S/c1-4-18-15(14-13(17)9-12-20-14)16(2,3)19-10-7-5-6-8-11-19/h9,12,15,18H,4-8,10-11H2,1-3H3. The van der Waals surface area contributed by atoms with Crippen molar-refractivity contribution in [3.63, 3.8) is 0 Å². The van der Waals surface area contributed by atoms with Gasteiger partial charge in [-0.2, -0.15) is 0 Å². The van der Waals surface area contributed by atoms with E-state index in [1.54, 1.807) is 0 Å². The van der Waals surface area contributed by atoms with Crippen molar-refractivity contribution in [2.45, 2.75) is 58.0 Å². The second kappa shape index (κ2) is 7.39. The summed E-state index contributed by atoms with van der Waals surface area (Å²) < 4.78 is 1.25. The van der Waals surface area contributed by atoms with Crippen LogP contribution in [-0.2, 0) is 0 Å². The summed E-state index contributed by atoms with van der Waals surface area (Å²) in [6, 6.07) is 2.56. The Labute approximate surface area is 136 Å². The third-order valence-corrected chi connectivity index (χ3v) is 6.38. The molecule has 1 aliphatic rings. The number of rotatable bonds is 5. The van der Waals surface area contributed by atoms with Gasteiger partial charge in [0.2, 0.25) is 0 Å². The molecule has 1 unspecified atom stereocenters. The lowest BCUT2D eigenvalue weighted by Crippen LogP contribution is -2.52. The average Bonchev–Trinajstić information content (AvgIpc) is 2.69. The molecule has 0 radical (unpaired) electrons. The highest BCUT2D eigenvalue weighted by Crippen LogP contribution is 2.38. The van der Waals surface area contributed by atoms with Crippen LogP contribution in [0.5, 0.6) is 0 Å². The highest BCUT2D eigenvalue weighted by atomic mass is 79.9. The number of nitrogens with one attached hydrogen (secondary N) is 1. The molecule has 1 saturated heterocycles. The molecule has 2 rings (SSSR count). The first-order chi connectivity index (χ1) is 9.57. The quantitative estimate of drug-likeness (QED) is 0.811. The van der Waals surface area contributed by atoms with Gasteiger partial charge in [-0.05, 0) is 73.7 Å². The smallest absolute Gasteiger partial charge is 0.0607 e. The summed E-state index contributed by atoms with van der Waals surface area (Å²) in [5.41, 5.74) is 0.147. The number of thiophene rings is 1. The topological polar surface area (TPSA) is 15.3 Å². The van der Waals surface area contributed by atoms with Gasteiger partial charge >= 0.3 is 0 Å². The number of likely N-dealkylation sites (tertiary alicyclic amines) is 1. The van der Waals surface area contributed by atoms with Crippen molar-refractivity contribution in [3.8, 4) is 0 Å². The first kappa shape index (κ1) is 16.5. The molecule has 0 saturated carbocycles. The monoisotopic (exact) mass is 358 g/mol. The van der Waals surface area contributed by atoms with E-state index in [0.717, 1.165) is 6.54 Å². The van der Waals surface area contributed by atoms with Crippen molar-refractivity contribution < 1.29 is 0 Å². The molecule has 4 heteroatoms. The normalized spacial score (nSPS) is 19.8. The lowest BCUT2D eigenvalue weighted by molar-refractivity contribution is 0.0851. The molecule has 0 bridgehead atoms. The van der Waals surface area contributed by atoms with Crippen LogP contribution in [0.3, 0.4) is 0 Å². The fourth-order valence-electron chi connectivity index (χ4n) is 3.21. The van der Waals surface area contributed by atoms with Crippen molar-refractivity contribution in [1.29, 1.82) is 0 Å². The maximum absolute atomic E-state index is 3.72. The molecule has 1 aromatic rings. The second-order valence-corrected chi connectivity index (χ2v) is 7.98. The predicted octanol–water partition coefficient (Wildman–Crippen LogP) is 4.82. The molecule has 1 N–H and O–H groups in total. The van der Waals surface area contributed by atoms with Crippen LogP contribution in [0.1, 0.15) is 57.4 Å². The van der Waals surface area contributed by atoms with Gasteiger partial charge < -0.3 is 5.32 Å². The van der Waals surface area contributed by atoms with Crippen LogP contribution < -0.4 is 5.32 Å². The van der Waals surface area contributed by atoms with Crippen LogP contribution in [0, 0.1) is 0 Å². The number of nitrogens with zero attached hydrogens (tertiary/aromatic N) is 1. The first-order valence-electron chi connectivity index (χ1n) is 7.78. The van der Waals surface area contributed by atoms with Gasteiger partial charge in [-0.25, -0.2) is 0 Å². The summed E-state index contributed by atoms with van der Waals surface area (Å²) in [5.74, 6) is 0. The first-order valence-corrected chi connectivity index (χ1v) is 9.46. The van der Waals surface area contributed by atoms with Crippen molar-refractivity contribution in [3.05, 3.63) is 20.8 Å². The SMILES string of the molecule is CCNC(c1sccc1Br)C(C)(C)N1CCCCCC1. The van der Waals surface area contributed by atoms with E-state index in [-0.39, 0.29) is 5.54 Å². The molecule has 1 fully saturated rings. The zero-order valence-electron chi connectivity index (χ0n) is 12.9. The Morgan fingerprint density at radius 2 is 1.95 bits per heavy atom. The fraction of sp³-hybridized carbons (Fsp3) is 0.750. The van der Waals surface area contributed by atoms with E-state index >= 15 is 0 Å². The third kappa shape index (κ3) is 3.65. The maximum Gasteiger partial charge on any atom is 0.0607 e. The molecule has 1 aliphatic heterocycles. The van der Waals surface area contributed by atoms with Gasteiger partial charge in [0.15, 0.2) is 0 Å². The van der Waals surface area contributed by atoms with Crippen molar-refractivity contribution in [2.75, 3.05) is 19.6 Å². The molecule has 1 atom stereocenters. The lowest BCUT2D eigenvalue weighted by atomic mass is 9.90. The van der Waals surface area contributed by atoms with Crippen LogP contribution in [0.4, 0.5) is 0 Å². The summed E-state index contributed by atoms with van der Waals surface area (Å²) in [7, 11) is 0. The summed E-state index contributed by atoms with van der Waals surface area (Å²) in [5, 5.41) is 5.91. The minimum absolute atomic E-state index is 0.147. The van der Waals surface area contributed by atoms with E-state index in [1.165, 1.54) is 48.1 Å². The summed E-state index contributed by atoms with van der Waals surface area (Å²) >= 11 is 5.58. The number of halogens is 1. The molecule has 0 aliphatic carbocycles. The van der Waals surface area contributed by atoms with E-state index in [0.29, 0.717) is 6.04 Å². The molecule has 0 aromatic carbocycles.